The predicted molar refractivity (Wildman–Crippen MR) is 101 cm³/mol. The van der Waals surface area contributed by atoms with Gasteiger partial charge in [0, 0.05) is 39.1 Å². The lowest BCUT2D eigenvalue weighted by atomic mass is 9.93. The summed E-state index contributed by atoms with van der Waals surface area (Å²) in [5.74, 6) is 1.13. The highest BCUT2D eigenvalue weighted by atomic mass is 16.2. The van der Waals surface area contributed by atoms with Gasteiger partial charge in [-0.05, 0) is 56.8 Å². The highest BCUT2D eigenvalue weighted by Gasteiger charge is 2.22. The molecule has 26 heavy (non-hydrogen) atoms. The second kappa shape index (κ2) is 8.36. The van der Waals surface area contributed by atoms with Crippen LogP contribution in [0.4, 0.5) is 0 Å². The summed E-state index contributed by atoms with van der Waals surface area (Å²) >= 11 is 0. The Labute approximate surface area is 155 Å². The molecule has 1 atom stereocenters. The summed E-state index contributed by atoms with van der Waals surface area (Å²) in [7, 11) is 3.49. The van der Waals surface area contributed by atoms with Gasteiger partial charge in [0.05, 0.1) is 5.69 Å². The van der Waals surface area contributed by atoms with Gasteiger partial charge in [-0.25, -0.2) is 9.97 Å². The Balaban J connectivity index is 1.65. The largest absolute Gasteiger partial charge is 0.343 e. The second-order valence-corrected chi connectivity index (χ2v) is 7.26. The first-order chi connectivity index (χ1) is 12.5. The third-order valence-corrected chi connectivity index (χ3v) is 4.73. The van der Waals surface area contributed by atoms with E-state index in [1.807, 2.05) is 31.3 Å². The molecular weight excluding hydrogens is 326 g/mol. The lowest BCUT2D eigenvalue weighted by molar-refractivity contribution is 0.0821. The fraction of sp³-hybridized carbons (Fsp3) is 0.500. The van der Waals surface area contributed by atoms with Crippen molar-refractivity contribution in [2.75, 3.05) is 27.2 Å². The number of aryl methyl sites for hydroxylation is 1. The predicted octanol–water partition coefficient (Wildman–Crippen LogP) is 2.34. The molecular formula is C20H27N5O. The lowest BCUT2D eigenvalue weighted by Crippen LogP contribution is -2.36. The number of rotatable bonds is 5. The van der Waals surface area contributed by atoms with Gasteiger partial charge >= 0.3 is 0 Å². The number of carbonyl (C=O) groups is 1. The maximum Gasteiger partial charge on any atom is 0.272 e. The number of hydrogen-bond acceptors (Lipinski definition) is 5. The molecule has 0 saturated carbocycles. The van der Waals surface area contributed by atoms with Crippen molar-refractivity contribution in [1.82, 2.24) is 24.8 Å². The molecule has 0 aromatic carbocycles. The Morgan fingerprint density at radius 3 is 2.85 bits per heavy atom. The molecule has 2 aromatic rings. The van der Waals surface area contributed by atoms with Gasteiger partial charge in [-0.3, -0.25) is 14.7 Å². The number of carbonyl (C=O) groups excluding carboxylic acids is 1. The Morgan fingerprint density at radius 2 is 2.12 bits per heavy atom. The van der Waals surface area contributed by atoms with Crippen molar-refractivity contribution in [3.8, 4) is 0 Å². The summed E-state index contributed by atoms with van der Waals surface area (Å²) in [6.45, 7) is 4.89. The van der Waals surface area contributed by atoms with Gasteiger partial charge < -0.3 is 4.90 Å². The number of nitrogens with zero attached hydrogens (tertiary/aromatic N) is 5. The molecule has 138 valence electrons. The molecule has 0 spiro atoms. The molecule has 3 rings (SSSR count). The summed E-state index contributed by atoms with van der Waals surface area (Å²) < 4.78 is 0. The van der Waals surface area contributed by atoms with Crippen molar-refractivity contribution in [2.24, 2.45) is 5.92 Å². The van der Waals surface area contributed by atoms with Crippen molar-refractivity contribution >= 4 is 5.91 Å². The minimum atomic E-state index is -0.0721. The van der Waals surface area contributed by atoms with Crippen molar-refractivity contribution < 1.29 is 4.79 Å². The monoisotopic (exact) mass is 353 g/mol. The maximum absolute atomic E-state index is 12.2. The van der Waals surface area contributed by atoms with Crippen LogP contribution in [-0.4, -0.2) is 57.8 Å². The van der Waals surface area contributed by atoms with Crippen LogP contribution in [0, 0.1) is 12.8 Å². The summed E-state index contributed by atoms with van der Waals surface area (Å²) in [6, 6.07) is 7.92. The van der Waals surface area contributed by atoms with E-state index >= 15 is 0 Å². The van der Waals surface area contributed by atoms with E-state index in [1.54, 1.807) is 19.0 Å². The molecule has 1 aliphatic heterocycles. The fourth-order valence-corrected chi connectivity index (χ4v) is 3.55. The van der Waals surface area contributed by atoms with Gasteiger partial charge in [0.1, 0.15) is 11.5 Å². The van der Waals surface area contributed by atoms with Crippen molar-refractivity contribution in [3.05, 3.63) is 53.4 Å². The Kier molecular flexibility index (Phi) is 5.93. The van der Waals surface area contributed by atoms with Crippen LogP contribution in [0.1, 0.15) is 40.5 Å². The number of likely N-dealkylation sites (tertiary alicyclic amines) is 1. The molecule has 2 aromatic heterocycles. The van der Waals surface area contributed by atoms with Crippen molar-refractivity contribution in [3.63, 3.8) is 0 Å². The van der Waals surface area contributed by atoms with Gasteiger partial charge in [-0.15, -0.1) is 0 Å². The molecule has 3 heterocycles. The topological polar surface area (TPSA) is 62.2 Å². The van der Waals surface area contributed by atoms with Gasteiger partial charge in [-0.2, -0.15) is 0 Å². The standard InChI is InChI=1S/C20H27N5O/c1-15-22-18(12-19(23-15)20(26)24(2)3)11-16-7-6-10-25(13-16)14-17-8-4-5-9-21-17/h4-5,8-9,12,16H,6-7,10-11,13-14H2,1-3H3. The van der Waals surface area contributed by atoms with Crippen LogP contribution in [0.3, 0.4) is 0 Å². The number of aromatic nitrogens is 3. The second-order valence-electron chi connectivity index (χ2n) is 7.26. The van der Waals surface area contributed by atoms with Crippen LogP contribution >= 0.6 is 0 Å². The van der Waals surface area contributed by atoms with Crippen LogP contribution in [0.2, 0.25) is 0 Å². The molecule has 0 bridgehead atoms. The van der Waals surface area contributed by atoms with Crippen molar-refractivity contribution in [2.45, 2.75) is 32.7 Å². The number of hydrogen-bond donors (Lipinski definition) is 0. The molecule has 1 fully saturated rings. The molecule has 6 nitrogen and oxygen atoms in total. The molecule has 0 aliphatic carbocycles. The molecule has 1 amide bonds. The first-order valence-corrected chi connectivity index (χ1v) is 9.19. The van der Waals surface area contributed by atoms with Gasteiger partial charge in [0.2, 0.25) is 0 Å². The summed E-state index contributed by atoms with van der Waals surface area (Å²) in [5, 5.41) is 0. The zero-order valence-corrected chi connectivity index (χ0v) is 15.9. The SMILES string of the molecule is Cc1nc(CC2CCCN(Cc3ccccn3)C2)cc(C(=O)N(C)C)n1. The average molecular weight is 353 g/mol. The molecule has 1 unspecified atom stereocenters. The molecule has 6 heteroatoms. The summed E-state index contributed by atoms with van der Waals surface area (Å²) in [5.41, 5.74) is 2.57. The zero-order valence-electron chi connectivity index (χ0n) is 15.9. The van der Waals surface area contributed by atoms with E-state index in [1.165, 1.54) is 12.8 Å². The molecule has 0 N–H and O–H groups in total. The fourth-order valence-electron chi connectivity index (χ4n) is 3.55. The Morgan fingerprint density at radius 1 is 1.27 bits per heavy atom. The highest BCUT2D eigenvalue weighted by molar-refractivity contribution is 5.92. The van der Waals surface area contributed by atoms with Gasteiger partial charge in [0.25, 0.3) is 5.91 Å². The van der Waals surface area contributed by atoms with E-state index in [4.69, 9.17) is 0 Å². The van der Waals surface area contributed by atoms with Crippen LogP contribution in [0.25, 0.3) is 0 Å². The van der Waals surface area contributed by atoms with Crippen molar-refractivity contribution in [1.29, 1.82) is 0 Å². The highest BCUT2D eigenvalue weighted by Crippen LogP contribution is 2.22. The number of amides is 1. The van der Waals surface area contributed by atoms with E-state index in [2.05, 4.69) is 25.9 Å². The summed E-state index contributed by atoms with van der Waals surface area (Å²) in [6.07, 6.45) is 5.11. The molecule has 0 radical (unpaired) electrons. The molecule has 1 aliphatic rings. The Bertz CT molecular complexity index is 747. The van der Waals surface area contributed by atoms with Gasteiger partial charge in [0.15, 0.2) is 0 Å². The van der Waals surface area contributed by atoms with E-state index < -0.39 is 0 Å². The maximum atomic E-state index is 12.2. The van der Waals surface area contributed by atoms with Crippen LogP contribution in [0.15, 0.2) is 30.5 Å². The van der Waals surface area contributed by atoms with Crippen LogP contribution in [-0.2, 0) is 13.0 Å². The first-order valence-electron chi connectivity index (χ1n) is 9.19. The van der Waals surface area contributed by atoms with E-state index in [9.17, 15) is 4.79 Å². The zero-order chi connectivity index (χ0) is 18.5. The third-order valence-electron chi connectivity index (χ3n) is 4.73. The van der Waals surface area contributed by atoms with E-state index in [0.717, 1.165) is 37.4 Å². The summed E-state index contributed by atoms with van der Waals surface area (Å²) in [4.78, 5) is 29.5. The lowest BCUT2D eigenvalue weighted by Gasteiger charge is -2.32. The smallest absolute Gasteiger partial charge is 0.272 e. The number of pyridine rings is 1. The Hall–Kier alpha value is -2.34. The number of piperidine rings is 1. The van der Waals surface area contributed by atoms with E-state index in [-0.39, 0.29) is 5.91 Å². The molecule has 1 saturated heterocycles. The first kappa shape index (κ1) is 18.5. The minimum absolute atomic E-state index is 0.0721. The van der Waals surface area contributed by atoms with E-state index in [0.29, 0.717) is 17.4 Å². The average Bonchev–Trinajstić information content (AvgIpc) is 2.61. The normalized spacial score (nSPS) is 17.9. The van der Waals surface area contributed by atoms with Crippen LogP contribution in [0.5, 0.6) is 0 Å². The van der Waals surface area contributed by atoms with Crippen LogP contribution < -0.4 is 0 Å². The third kappa shape index (κ3) is 4.85. The quantitative estimate of drug-likeness (QED) is 0.826. The minimum Gasteiger partial charge on any atom is -0.343 e. The van der Waals surface area contributed by atoms with Gasteiger partial charge in [-0.1, -0.05) is 6.07 Å².